The summed E-state index contributed by atoms with van der Waals surface area (Å²) in [5, 5.41) is 3.52. The van der Waals surface area contributed by atoms with Gasteiger partial charge in [0.15, 0.2) is 0 Å². The van der Waals surface area contributed by atoms with E-state index in [1.807, 2.05) is 0 Å². The molecule has 2 nitrogen and oxygen atoms in total. The average Bonchev–Trinajstić information content (AvgIpc) is 3.09. The van der Waals surface area contributed by atoms with E-state index in [-0.39, 0.29) is 0 Å². The molecule has 1 N–H and O–H groups in total. The molecule has 94 valence electrons. The molecule has 1 aliphatic rings. The molecule has 0 amide bonds. The molecule has 1 aromatic carbocycles. The van der Waals surface area contributed by atoms with Crippen LogP contribution in [0.1, 0.15) is 36.8 Å². The molecule has 0 atom stereocenters. The fraction of sp³-hybridized carbons (Fsp3) is 0.600. The summed E-state index contributed by atoms with van der Waals surface area (Å²) in [5.41, 5.74) is 2.53. The van der Waals surface area contributed by atoms with E-state index in [4.69, 9.17) is 4.74 Å². The van der Waals surface area contributed by atoms with E-state index in [1.54, 1.807) is 0 Å². The van der Waals surface area contributed by atoms with Crippen molar-refractivity contribution < 1.29 is 4.74 Å². The highest BCUT2D eigenvalue weighted by molar-refractivity contribution is 5.35. The lowest BCUT2D eigenvalue weighted by Gasteiger charge is -2.09. The van der Waals surface area contributed by atoms with Crippen LogP contribution < -0.4 is 10.1 Å². The van der Waals surface area contributed by atoms with Crippen molar-refractivity contribution in [3.8, 4) is 5.75 Å². The van der Waals surface area contributed by atoms with Crippen LogP contribution in [-0.2, 0) is 0 Å². The minimum atomic E-state index is 0.829. The molecule has 0 heterocycles. The van der Waals surface area contributed by atoms with Gasteiger partial charge in [0.2, 0.25) is 0 Å². The highest BCUT2D eigenvalue weighted by atomic mass is 16.5. The Morgan fingerprint density at radius 1 is 1.24 bits per heavy atom. The molecular formula is C15H23NO. The highest BCUT2D eigenvalue weighted by Crippen LogP contribution is 2.19. The minimum Gasteiger partial charge on any atom is -0.493 e. The smallest absolute Gasteiger partial charge is 0.122 e. The average molecular weight is 233 g/mol. The van der Waals surface area contributed by atoms with Crippen LogP contribution in [0.2, 0.25) is 0 Å². The topological polar surface area (TPSA) is 21.3 Å². The molecule has 1 aliphatic carbocycles. The van der Waals surface area contributed by atoms with Gasteiger partial charge in [0, 0.05) is 6.04 Å². The summed E-state index contributed by atoms with van der Waals surface area (Å²) >= 11 is 0. The Balaban J connectivity index is 1.60. The van der Waals surface area contributed by atoms with Gasteiger partial charge in [0.05, 0.1) is 6.61 Å². The van der Waals surface area contributed by atoms with E-state index in [9.17, 15) is 0 Å². The van der Waals surface area contributed by atoms with E-state index in [1.165, 1.54) is 30.4 Å². The summed E-state index contributed by atoms with van der Waals surface area (Å²) in [5.74, 6) is 1.03. The zero-order chi connectivity index (χ0) is 12.1. The molecule has 0 aliphatic heterocycles. The predicted molar refractivity (Wildman–Crippen MR) is 71.7 cm³/mol. The summed E-state index contributed by atoms with van der Waals surface area (Å²) in [4.78, 5) is 0. The summed E-state index contributed by atoms with van der Waals surface area (Å²) in [6.07, 6.45) is 5.09. The van der Waals surface area contributed by atoms with Crippen molar-refractivity contribution in [3.05, 3.63) is 29.3 Å². The third-order valence-electron chi connectivity index (χ3n) is 3.17. The number of rotatable bonds is 7. The molecule has 17 heavy (non-hydrogen) atoms. The van der Waals surface area contributed by atoms with Gasteiger partial charge in [-0.2, -0.15) is 0 Å². The van der Waals surface area contributed by atoms with Gasteiger partial charge in [-0.25, -0.2) is 0 Å². The molecule has 2 rings (SSSR count). The molecule has 0 bridgehead atoms. The number of aryl methyl sites for hydroxylation is 2. The number of hydrogen-bond donors (Lipinski definition) is 1. The van der Waals surface area contributed by atoms with Crippen LogP contribution in [0, 0.1) is 13.8 Å². The fourth-order valence-electron chi connectivity index (χ4n) is 1.96. The summed E-state index contributed by atoms with van der Waals surface area (Å²) in [6.45, 7) is 6.19. The Labute approximate surface area is 104 Å². The maximum Gasteiger partial charge on any atom is 0.122 e. The largest absolute Gasteiger partial charge is 0.493 e. The third kappa shape index (κ3) is 4.39. The van der Waals surface area contributed by atoms with Crippen molar-refractivity contribution >= 4 is 0 Å². The van der Waals surface area contributed by atoms with Crippen molar-refractivity contribution in [2.75, 3.05) is 13.2 Å². The first-order chi connectivity index (χ1) is 8.25. The Morgan fingerprint density at radius 2 is 2.06 bits per heavy atom. The lowest BCUT2D eigenvalue weighted by Crippen LogP contribution is -2.17. The van der Waals surface area contributed by atoms with Crippen LogP contribution in [0.4, 0.5) is 0 Å². The maximum absolute atomic E-state index is 5.79. The lowest BCUT2D eigenvalue weighted by molar-refractivity contribution is 0.304. The van der Waals surface area contributed by atoms with Gasteiger partial charge in [0.25, 0.3) is 0 Å². The summed E-state index contributed by atoms with van der Waals surface area (Å²) in [6, 6.07) is 7.18. The van der Waals surface area contributed by atoms with Crippen LogP contribution in [0.3, 0.4) is 0 Å². The minimum absolute atomic E-state index is 0.829. The zero-order valence-electron chi connectivity index (χ0n) is 11.0. The van der Waals surface area contributed by atoms with Gasteiger partial charge in [0.1, 0.15) is 5.75 Å². The second-order valence-corrected chi connectivity index (χ2v) is 5.05. The Kier molecular flexibility index (Phi) is 4.43. The van der Waals surface area contributed by atoms with Gasteiger partial charge in [-0.05, 0) is 57.7 Å². The maximum atomic E-state index is 5.79. The van der Waals surface area contributed by atoms with Crippen LogP contribution >= 0.6 is 0 Å². The summed E-state index contributed by atoms with van der Waals surface area (Å²) in [7, 11) is 0. The molecule has 2 heteroatoms. The molecule has 0 saturated heterocycles. The van der Waals surface area contributed by atoms with Gasteiger partial charge >= 0.3 is 0 Å². The summed E-state index contributed by atoms with van der Waals surface area (Å²) < 4.78 is 5.79. The monoisotopic (exact) mass is 233 g/mol. The number of benzene rings is 1. The molecule has 0 aromatic heterocycles. The normalized spacial score (nSPS) is 14.9. The standard InChI is InChI=1S/C15H23NO/c1-12-5-8-15(13(2)11-12)17-10-4-3-9-16-14-6-7-14/h5,8,11,14,16H,3-4,6-7,9-10H2,1-2H3. The van der Waals surface area contributed by atoms with Crippen LogP contribution in [0.5, 0.6) is 5.75 Å². The molecule has 0 unspecified atom stereocenters. The van der Waals surface area contributed by atoms with Gasteiger partial charge in [-0.1, -0.05) is 17.7 Å². The number of hydrogen-bond acceptors (Lipinski definition) is 2. The molecule has 0 spiro atoms. The number of ether oxygens (including phenoxy) is 1. The van der Waals surface area contributed by atoms with E-state index in [0.717, 1.165) is 31.4 Å². The van der Waals surface area contributed by atoms with Crippen molar-refractivity contribution in [3.63, 3.8) is 0 Å². The Bertz CT molecular complexity index is 358. The third-order valence-corrected chi connectivity index (χ3v) is 3.17. The first kappa shape index (κ1) is 12.4. The van der Waals surface area contributed by atoms with Crippen molar-refractivity contribution in [2.24, 2.45) is 0 Å². The molecule has 0 radical (unpaired) electrons. The SMILES string of the molecule is Cc1ccc(OCCCCNC2CC2)c(C)c1. The van der Waals surface area contributed by atoms with Gasteiger partial charge in [-0.3, -0.25) is 0 Å². The zero-order valence-corrected chi connectivity index (χ0v) is 11.0. The molecular weight excluding hydrogens is 210 g/mol. The second kappa shape index (κ2) is 6.06. The predicted octanol–water partition coefficient (Wildman–Crippen LogP) is 3.21. The van der Waals surface area contributed by atoms with Crippen LogP contribution in [0.25, 0.3) is 0 Å². The van der Waals surface area contributed by atoms with Crippen molar-refractivity contribution in [1.29, 1.82) is 0 Å². The van der Waals surface area contributed by atoms with Crippen molar-refractivity contribution in [1.82, 2.24) is 5.32 Å². The molecule has 1 fully saturated rings. The number of unbranched alkanes of at least 4 members (excludes halogenated alkanes) is 1. The first-order valence-electron chi connectivity index (χ1n) is 6.69. The Hall–Kier alpha value is -1.02. The van der Waals surface area contributed by atoms with Crippen LogP contribution in [-0.4, -0.2) is 19.2 Å². The van der Waals surface area contributed by atoms with Gasteiger partial charge < -0.3 is 10.1 Å². The fourth-order valence-corrected chi connectivity index (χ4v) is 1.96. The van der Waals surface area contributed by atoms with E-state index in [2.05, 4.69) is 37.4 Å². The van der Waals surface area contributed by atoms with E-state index >= 15 is 0 Å². The Morgan fingerprint density at radius 3 is 2.76 bits per heavy atom. The first-order valence-corrected chi connectivity index (χ1v) is 6.69. The van der Waals surface area contributed by atoms with Gasteiger partial charge in [-0.15, -0.1) is 0 Å². The van der Waals surface area contributed by atoms with Crippen LogP contribution in [0.15, 0.2) is 18.2 Å². The second-order valence-electron chi connectivity index (χ2n) is 5.05. The van der Waals surface area contributed by atoms with E-state index in [0.29, 0.717) is 0 Å². The van der Waals surface area contributed by atoms with Crippen molar-refractivity contribution in [2.45, 2.75) is 45.6 Å². The molecule has 1 saturated carbocycles. The lowest BCUT2D eigenvalue weighted by atomic mass is 10.1. The van der Waals surface area contributed by atoms with E-state index < -0.39 is 0 Å². The molecule has 1 aromatic rings. The quantitative estimate of drug-likeness (QED) is 0.730. The number of nitrogens with one attached hydrogen (secondary N) is 1. The highest BCUT2D eigenvalue weighted by Gasteiger charge is 2.19.